The molecule has 2 N–H and O–H groups in total. The zero-order valence-corrected chi connectivity index (χ0v) is 23.9. The molecule has 2 atom stereocenters. The summed E-state index contributed by atoms with van der Waals surface area (Å²) in [4.78, 5) is 45.3. The van der Waals surface area contributed by atoms with Crippen molar-refractivity contribution in [1.29, 1.82) is 0 Å². The summed E-state index contributed by atoms with van der Waals surface area (Å²) < 4.78 is 19.9. The number of hydrogen-bond donors (Lipinski definition) is 2. The molecule has 0 radical (unpaired) electrons. The summed E-state index contributed by atoms with van der Waals surface area (Å²) in [6.45, 7) is 5.89. The molecule has 0 spiro atoms. The summed E-state index contributed by atoms with van der Waals surface area (Å²) in [5, 5.41) is 7.14. The highest BCUT2D eigenvalue weighted by atomic mass is 16.5. The number of carbonyl (C=O) groups excluding carboxylic acids is 4. The Labute approximate surface area is 233 Å². The lowest BCUT2D eigenvalue weighted by Crippen LogP contribution is -2.47. The molecule has 2 saturated carbocycles. The van der Waals surface area contributed by atoms with Crippen molar-refractivity contribution in [2.75, 3.05) is 26.4 Å². The highest BCUT2D eigenvalue weighted by Crippen LogP contribution is 2.36. The molecule has 2 aliphatic rings. The lowest BCUT2D eigenvalue weighted by atomic mass is 9.75. The molecule has 0 aliphatic heterocycles. The van der Waals surface area contributed by atoms with Crippen molar-refractivity contribution in [1.82, 2.24) is 10.6 Å². The van der Waals surface area contributed by atoms with Crippen LogP contribution < -0.4 is 10.6 Å². The Morgan fingerprint density at radius 2 is 1.33 bits per heavy atom. The maximum Gasteiger partial charge on any atom is 0.323 e. The van der Waals surface area contributed by atoms with Gasteiger partial charge in [-0.1, -0.05) is 0 Å². The Balaban J connectivity index is 1.71. The van der Waals surface area contributed by atoms with Crippen molar-refractivity contribution in [2.45, 2.75) is 121 Å². The minimum Gasteiger partial charge on any atom is -0.468 e. The molecule has 0 saturated heterocycles. The molecule has 2 fully saturated rings. The van der Waals surface area contributed by atoms with Gasteiger partial charge in [-0.2, -0.15) is 0 Å². The number of ether oxygens (including phenoxy) is 4. The van der Waals surface area contributed by atoms with E-state index in [1.54, 1.807) is 13.8 Å². The van der Waals surface area contributed by atoms with Crippen molar-refractivity contribution >= 4 is 24.9 Å². The van der Waals surface area contributed by atoms with E-state index in [0.29, 0.717) is 44.7 Å². The van der Waals surface area contributed by atoms with Crippen LogP contribution in [0, 0.1) is 11.8 Å². The molecule has 2 aliphatic carbocycles. The van der Waals surface area contributed by atoms with Gasteiger partial charge in [0, 0.05) is 18.1 Å². The molecular weight excluding hydrogens is 504 g/mol. The molecule has 224 valence electrons. The van der Waals surface area contributed by atoms with E-state index in [-0.39, 0.29) is 37.0 Å². The molecule has 10 nitrogen and oxygen atoms in total. The number of nitrogens with one attached hydrogen (secondary N) is 2. The van der Waals surface area contributed by atoms with Crippen LogP contribution in [0.1, 0.15) is 97.3 Å². The Kier molecular flexibility index (Phi) is 16.8. The molecule has 39 heavy (non-hydrogen) atoms. The number of carbonyl (C=O) groups is 4. The molecule has 0 amide bonds. The van der Waals surface area contributed by atoms with Crippen LogP contribution in [0.3, 0.4) is 0 Å². The molecular formula is C29H50N2O8. The van der Waals surface area contributed by atoms with Crippen LogP contribution in [0.15, 0.2) is 0 Å². The summed E-state index contributed by atoms with van der Waals surface area (Å²) in [6, 6.07) is 0.266. The zero-order chi connectivity index (χ0) is 28.3. The first-order valence-electron chi connectivity index (χ1n) is 14.9. The summed E-state index contributed by atoms with van der Waals surface area (Å²) in [5.41, 5.74) is 0. The number of hydrogen-bond acceptors (Lipinski definition) is 10. The maximum absolute atomic E-state index is 12.4. The average Bonchev–Trinajstić information content (AvgIpc) is 2.93. The van der Waals surface area contributed by atoms with Gasteiger partial charge in [0.15, 0.2) is 0 Å². The van der Waals surface area contributed by atoms with Crippen molar-refractivity contribution in [3.8, 4) is 0 Å². The minimum absolute atomic E-state index is 0.00136. The summed E-state index contributed by atoms with van der Waals surface area (Å²) in [6.07, 6.45) is 12.7. The Morgan fingerprint density at radius 1 is 0.769 bits per heavy atom. The van der Waals surface area contributed by atoms with Gasteiger partial charge in [-0.05, 0) is 103 Å². The highest BCUT2D eigenvalue weighted by Gasteiger charge is 2.31. The third kappa shape index (κ3) is 13.6. The van der Waals surface area contributed by atoms with Gasteiger partial charge >= 0.3 is 11.9 Å². The highest BCUT2D eigenvalue weighted by molar-refractivity contribution is 5.82. The van der Waals surface area contributed by atoms with Crippen LogP contribution in [-0.4, -0.2) is 75.5 Å². The van der Waals surface area contributed by atoms with Crippen LogP contribution in [0.5, 0.6) is 0 Å². The van der Waals surface area contributed by atoms with Gasteiger partial charge in [0.1, 0.15) is 6.04 Å². The fourth-order valence-electron chi connectivity index (χ4n) is 6.09. The van der Waals surface area contributed by atoms with E-state index in [1.165, 1.54) is 19.3 Å². The van der Waals surface area contributed by atoms with Gasteiger partial charge < -0.3 is 29.6 Å². The van der Waals surface area contributed by atoms with Crippen LogP contribution in [0.25, 0.3) is 0 Å². The van der Waals surface area contributed by atoms with E-state index in [1.807, 2.05) is 0 Å². The lowest BCUT2D eigenvalue weighted by Gasteiger charge is -2.36. The Bertz CT molecular complexity index is 705. The fraction of sp³-hybridized carbons (Fsp3) is 0.862. The first-order chi connectivity index (χ1) is 19.0. The molecule has 2 rings (SSSR count). The fourth-order valence-corrected chi connectivity index (χ4v) is 6.09. The lowest BCUT2D eigenvalue weighted by molar-refractivity contribution is -0.152. The molecule has 0 aromatic rings. The molecule has 0 aromatic heterocycles. The SMILES string of the molecule is CCOC(=O)CC(NC1CCC(CC2CCC(NC(CCCOC=O)CCOC=O)CC2)CC1)C(=O)OCC. The molecule has 0 aromatic carbocycles. The van der Waals surface area contributed by atoms with E-state index in [0.717, 1.165) is 63.7 Å². The molecule has 0 bridgehead atoms. The first kappa shape index (κ1) is 33.0. The van der Waals surface area contributed by atoms with E-state index in [9.17, 15) is 19.2 Å². The van der Waals surface area contributed by atoms with Crippen LogP contribution in [-0.2, 0) is 38.1 Å². The predicted molar refractivity (Wildman–Crippen MR) is 146 cm³/mol. The number of rotatable bonds is 20. The minimum atomic E-state index is -0.653. The second-order valence-corrected chi connectivity index (χ2v) is 10.9. The van der Waals surface area contributed by atoms with Crippen molar-refractivity contribution < 1.29 is 38.1 Å². The molecule has 0 heterocycles. The Morgan fingerprint density at radius 3 is 1.90 bits per heavy atom. The van der Waals surface area contributed by atoms with Crippen molar-refractivity contribution in [3.63, 3.8) is 0 Å². The Hall–Kier alpha value is -2.20. The third-order valence-corrected chi connectivity index (χ3v) is 8.05. The van der Waals surface area contributed by atoms with Crippen molar-refractivity contribution in [2.24, 2.45) is 11.8 Å². The van der Waals surface area contributed by atoms with Gasteiger partial charge in [0.2, 0.25) is 0 Å². The maximum atomic E-state index is 12.4. The summed E-state index contributed by atoms with van der Waals surface area (Å²) >= 11 is 0. The monoisotopic (exact) mass is 554 g/mol. The van der Waals surface area contributed by atoms with Gasteiger partial charge in [-0.15, -0.1) is 0 Å². The standard InChI is InChI=1S/C29H50N2O8/c1-3-38-28(34)19-27(29(35)39-4-2)31-26-13-9-23(10-14-26)18-22-7-11-25(12-8-22)30-24(15-17-37-21-33)6-5-16-36-20-32/h20-27,30-31H,3-19H2,1-2H3. The van der Waals surface area contributed by atoms with Crippen molar-refractivity contribution in [3.05, 3.63) is 0 Å². The van der Waals surface area contributed by atoms with Gasteiger partial charge in [-0.25, -0.2) is 0 Å². The van der Waals surface area contributed by atoms with E-state index < -0.39 is 6.04 Å². The largest absolute Gasteiger partial charge is 0.468 e. The second kappa shape index (κ2) is 19.8. The summed E-state index contributed by atoms with van der Waals surface area (Å²) in [7, 11) is 0. The predicted octanol–water partition coefficient (Wildman–Crippen LogP) is 3.44. The normalized spacial score (nSPS) is 24.7. The smallest absolute Gasteiger partial charge is 0.323 e. The van der Waals surface area contributed by atoms with Crippen LogP contribution in [0.4, 0.5) is 0 Å². The summed E-state index contributed by atoms with van der Waals surface area (Å²) in [5.74, 6) is 0.682. The topological polar surface area (TPSA) is 129 Å². The molecule has 2 unspecified atom stereocenters. The zero-order valence-electron chi connectivity index (χ0n) is 23.9. The van der Waals surface area contributed by atoms with E-state index >= 15 is 0 Å². The molecule has 10 heteroatoms. The van der Waals surface area contributed by atoms with Gasteiger partial charge in [0.05, 0.1) is 32.8 Å². The van der Waals surface area contributed by atoms with E-state index in [4.69, 9.17) is 18.9 Å². The third-order valence-electron chi connectivity index (χ3n) is 8.05. The average molecular weight is 555 g/mol. The van der Waals surface area contributed by atoms with Gasteiger partial charge in [-0.3, -0.25) is 19.2 Å². The first-order valence-corrected chi connectivity index (χ1v) is 14.9. The number of esters is 2. The second-order valence-electron chi connectivity index (χ2n) is 10.9. The van der Waals surface area contributed by atoms with Gasteiger partial charge in [0.25, 0.3) is 12.9 Å². The van der Waals surface area contributed by atoms with Crippen LogP contribution in [0.2, 0.25) is 0 Å². The quantitative estimate of drug-likeness (QED) is 0.0999. The van der Waals surface area contributed by atoms with E-state index in [2.05, 4.69) is 10.6 Å². The van der Waals surface area contributed by atoms with Crippen LogP contribution >= 0.6 is 0 Å².